The molecule has 0 aromatic carbocycles. The van der Waals surface area contributed by atoms with E-state index in [2.05, 4.69) is 32.5 Å². The molecule has 2 heterocycles. The Balaban J connectivity index is 1.91. The molecule has 6 nitrogen and oxygen atoms in total. The first-order valence-corrected chi connectivity index (χ1v) is 6.95. The van der Waals surface area contributed by atoms with Gasteiger partial charge < -0.3 is 10.6 Å². The second-order valence-electron chi connectivity index (χ2n) is 4.67. The van der Waals surface area contributed by atoms with Crippen LogP contribution in [0, 0.1) is 6.92 Å². The predicted molar refractivity (Wildman–Crippen MR) is 81.0 cm³/mol. The molecule has 0 radical (unpaired) electrons. The Hall–Kier alpha value is -2.50. The summed E-state index contributed by atoms with van der Waals surface area (Å²) >= 11 is 0. The summed E-state index contributed by atoms with van der Waals surface area (Å²) in [6.45, 7) is 5.19. The monoisotopic (exact) mass is 285 g/mol. The van der Waals surface area contributed by atoms with Gasteiger partial charge in [-0.15, -0.1) is 0 Å². The first-order chi connectivity index (χ1) is 10.2. The molecule has 0 bridgehead atoms. The number of hydrogen-bond acceptors (Lipinski definition) is 5. The van der Waals surface area contributed by atoms with E-state index in [4.69, 9.17) is 0 Å². The molecule has 0 saturated carbocycles. The van der Waals surface area contributed by atoms with Gasteiger partial charge in [0.15, 0.2) is 0 Å². The number of nitrogens with one attached hydrogen (secondary N) is 2. The van der Waals surface area contributed by atoms with Crippen molar-refractivity contribution in [3.8, 4) is 0 Å². The van der Waals surface area contributed by atoms with Gasteiger partial charge in [0, 0.05) is 12.2 Å². The molecule has 0 atom stereocenters. The summed E-state index contributed by atoms with van der Waals surface area (Å²) in [4.78, 5) is 24.6. The van der Waals surface area contributed by atoms with Crippen molar-refractivity contribution in [2.45, 2.75) is 26.8 Å². The number of carbonyl (C=O) groups is 1. The molecule has 2 aromatic heterocycles. The SMILES string of the molecule is CCCNc1cnc(C(=O)NCc2cccc(C)n2)cn1. The van der Waals surface area contributed by atoms with Crippen LogP contribution in [-0.2, 0) is 6.54 Å². The highest BCUT2D eigenvalue weighted by Gasteiger charge is 2.08. The molecule has 21 heavy (non-hydrogen) atoms. The van der Waals surface area contributed by atoms with E-state index in [-0.39, 0.29) is 5.91 Å². The Bertz CT molecular complexity index is 597. The lowest BCUT2D eigenvalue weighted by molar-refractivity contribution is 0.0945. The molecule has 0 aliphatic rings. The third-order valence-electron chi connectivity index (χ3n) is 2.82. The quantitative estimate of drug-likeness (QED) is 0.847. The minimum Gasteiger partial charge on any atom is -0.369 e. The molecular formula is C15H19N5O. The van der Waals surface area contributed by atoms with Crippen LogP contribution in [0.15, 0.2) is 30.6 Å². The fraction of sp³-hybridized carbons (Fsp3) is 0.333. The normalized spacial score (nSPS) is 10.2. The van der Waals surface area contributed by atoms with E-state index in [1.165, 1.54) is 6.20 Å². The summed E-state index contributed by atoms with van der Waals surface area (Å²) < 4.78 is 0. The van der Waals surface area contributed by atoms with Crippen molar-refractivity contribution in [1.29, 1.82) is 0 Å². The Labute approximate surface area is 124 Å². The smallest absolute Gasteiger partial charge is 0.271 e. The Morgan fingerprint density at radius 3 is 2.76 bits per heavy atom. The average molecular weight is 285 g/mol. The van der Waals surface area contributed by atoms with Crippen LogP contribution < -0.4 is 10.6 Å². The topological polar surface area (TPSA) is 79.8 Å². The molecule has 2 N–H and O–H groups in total. The molecular weight excluding hydrogens is 266 g/mol. The molecule has 1 amide bonds. The maximum absolute atomic E-state index is 12.0. The lowest BCUT2D eigenvalue weighted by Crippen LogP contribution is -2.24. The maximum atomic E-state index is 12.0. The van der Waals surface area contributed by atoms with Crippen LogP contribution in [0.5, 0.6) is 0 Å². The highest BCUT2D eigenvalue weighted by Crippen LogP contribution is 2.02. The molecule has 6 heteroatoms. The van der Waals surface area contributed by atoms with Gasteiger partial charge in [-0.25, -0.2) is 9.97 Å². The summed E-state index contributed by atoms with van der Waals surface area (Å²) in [6, 6.07) is 5.70. The predicted octanol–water partition coefficient (Wildman–Crippen LogP) is 1.93. The largest absolute Gasteiger partial charge is 0.369 e. The standard InChI is InChI=1S/C15H19N5O/c1-3-7-16-14-10-17-13(9-18-14)15(21)19-8-12-6-4-5-11(2)20-12/h4-6,9-10H,3,7-8H2,1-2H3,(H,16,18)(H,19,21). The van der Waals surface area contributed by atoms with Crippen LogP contribution in [-0.4, -0.2) is 27.4 Å². The number of aromatic nitrogens is 3. The van der Waals surface area contributed by atoms with E-state index in [9.17, 15) is 4.79 Å². The van der Waals surface area contributed by atoms with Gasteiger partial charge in [-0.2, -0.15) is 0 Å². The molecule has 0 saturated heterocycles. The Morgan fingerprint density at radius 1 is 1.24 bits per heavy atom. The minimum absolute atomic E-state index is 0.257. The molecule has 0 aliphatic heterocycles. The average Bonchev–Trinajstić information content (AvgIpc) is 2.51. The number of rotatable bonds is 6. The third-order valence-corrected chi connectivity index (χ3v) is 2.82. The van der Waals surface area contributed by atoms with E-state index >= 15 is 0 Å². The van der Waals surface area contributed by atoms with Gasteiger partial charge in [0.1, 0.15) is 11.5 Å². The number of nitrogens with zero attached hydrogens (tertiary/aromatic N) is 3. The van der Waals surface area contributed by atoms with Crippen LogP contribution in [0.3, 0.4) is 0 Å². The third kappa shape index (κ3) is 4.52. The molecule has 0 spiro atoms. The molecule has 2 aromatic rings. The summed E-state index contributed by atoms with van der Waals surface area (Å²) in [5.41, 5.74) is 2.04. The number of anilines is 1. The van der Waals surface area contributed by atoms with Crippen molar-refractivity contribution in [3.63, 3.8) is 0 Å². The number of hydrogen-bond donors (Lipinski definition) is 2. The van der Waals surface area contributed by atoms with E-state index in [1.807, 2.05) is 25.1 Å². The van der Waals surface area contributed by atoms with Crippen molar-refractivity contribution in [1.82, 2.24) is 20.3 Å². The summed E-state index contributed by atoms with van der Waals surface area (Å²) in [7, 11) is 0. The Kier molecular flexibility index (Phi) is 5.20. The van der Waals surface area contributed by atoms with Crippen molar-refractivity contribution in [2.24, 2.45) is 0 Å². The highest BCUT2D eigenvalue weighted by atomic mass is 16.1. The molecule has 110 valence electrons. The zero-order valence-corrected chi connectivity index (χ0v) is 12.3. The van der Waals surface area contributed by atoms with Crippen molar-refractivity contribution in [3.05, 3.63) is 47.7 Å². The molecule has 0 unspecified atom stereocenters. The lowest BCUT2D eigenvalue weighted by atomic mass is 10.3. The second kappa shape index (κ2) is 7.33. The van der Waals surface area contributed by atoms with E-state index in [0.717, 1.165) is 24.4 Å². The zero-order valence-electron chi connectivity index (χ0n) is 12.3. The number of carbonyl (C=O) groups excluding carboxylic acids is 1. The van der Waals surface area contributed by atoms with Gasteiger partial charge in [-0.05, 0) is 25.5 Å². The van der Waals surface area contributed by atoms with Crippen molar-refractivity contribution < 1.29 is 4.79 Å². The van der Waals surface area contributed by atoms with E-state index in [1.54, 1.807) is 6.20 Å². The van der Waals surface area contributed by atoms with Gasteiger partial charge in [-0.3, -0.25) is 9.78 Å². The van der Waals surface area contributed by atoms with Gasteiger partial charge in [0.2, 0.25) is 0 Å². The fourth-order valence-electron chi connectivity index (χ4n) is 1.75. The summed E-state index contributed by atoms with van der Waals surface area (Å²) in [5, 5.41) is 5.89. The zero-order chi connectivity index (χ0) is 15.1. The first kappa shape index (κ1) is 14.9. The van der Waals surface area contributed by atoms with Crippen LogP contribution in [0.4, 0.5) is 5.82 Å². The van der Waals surface area contributed by atoms with Gasteiger partial charge in [0.25, 0.3) is 5.91 Å². The van der Waals surface area contributed by atoms with Crippen molar-refractivity contribution in [2.75, 3.05) is 11.9 Å². The van der Waals surface area contributed by atoms with E-state index < -0.39 is 0 Å². The first-order valence-electron chi connectivity index (χ1n) is 6.95. The van der Waals surface area contributed by atoms with Gasteiger partial charge in [0.05, 0.1) is 24.6 Å². The van der Waals surface area contributed by atoms with Crippen molar-refractivity contribution >= 4 is 11.7 Å². The number of amides is 1. The van der Waals surface area contributed by atoms with Gasteiger partial charge >= 0.3 is 0 Å². The lowest BCUT2D eigenvalue weighted by Gasteiger charge is -2.06. The van der Waals surface area contributed by atoms with Gasteiger partial charge in [-0.1, -0.05) is 13.0 Å². The Morgan fingerprint density at radius 2 is 2.10 bits per heavy atom. The van der Waals surface area contributed by atoms with Crippen LogP contribution in [0.2, 0.25) is 0 Å². The van der Waals surface area contributed by atoms with Crippen LogP contribution >= 0.6 is 0 Å². The maximum Gasteiger partial charge on any atom is 0.271 e. The molecule has 0 fully saturated rings. The summed E-state index contributed by atoms with van der Waals surface area (Å²) in [6.07, 6.45) is 4.04. The summed E-state index contributed by atoms with van der Waals surface area (Å²) in [5.74, 6) is 0.418. The fourth-order valence-corrected chi connectivity index (χ4v) is 1.75. The highest BCUT2D eigenvalue weighted by molar-refractivity contribution is 5.91. The minimum atomic E-state index is -0.257. The molecule has 0 aliphatic carbocycles. The van der Waals surface area contributed by atoms with Crippen LogP contribution in [0.25, 0.3) is 0 Å². The number of aryl methyl sites for hydroxylation is 1. The molecule has 2 rings (SSSR count). The van der Waals surface area contributed by atoms with Crippen LogP contribution in [0.1, 0.15) is 35.2 Å². The van der Waals surface area contributed by atoms with E-state index in [0.29, 0.717) is 18.1 Å². The second-order valence-corrected chi connectivity index (χ2v) is 4.67. The number of pyridine rings is 1.